The van der Waals surface area contributed by atoms with Gasteiger partial charge in [-0.1, -0.05) is 24.9 Å². The van der Waals surface area contributed by atoms with Crippen LogP contribution in [0, 0.1) is 12.8 Å². The highest BCUT2D eigenvalue weighted by Crippen LogP contribution is 2.50. The number of carbonyl (C=O) groups excluding carboxylic acids is 1. The number of aromatic nitrogens is 3. The van der Waals surface area contributed by atoms with Crippen molar-refractivity contribution in [2.45, 2.75) is 39.0 Å². The number of amides is 1. The molecule has 0 aliphatic heterocycles. The van der Waals surface area contributed by atoms with E-state index in [1.54, 1.807) is 4.68 Å². The lowest BCUT2D eigenvalue weighted by Gasteiger charge is -2.11. The number of unbranched alkanes of at least 4 members (excludes halogenated alkanes) is 1. The van der Waals surface area contributed by atoms with Crippen LogP contribution in [0.5, 0.6) is 0 Å². The molecular formula is C21H26ClN5O3S. The van der Waals surface area contributed by atoms with Gasteiger partial charge in [0.2, 0.25) is 5.91 Å². The molecule has 0 spiro atoms. The second kappa shape index (κ2) is 8.29. The van der Waals surface area contributed by atoms with Gasteiger partial charge < -0.3 is 4.57 Å². The Balaban J connectivity index is 1.59. The van der Waals surface area contributed by atoms with Crippen molar-refractivity contribution < 1.29 is 13.2 Å². The molecule has 2 heterocycles. The molecule has 3 aromatic rings. The van der Waals surface area contributed by atoms with Gasteiger partial charge in [-0.3, -0.25) is 9.48 Å². The van der Waals surface area contributed by atoms with E-state index in [-0.39, 0.29) is 5.92 Å². The number of rotatable bonds is 8. The Morgan fingerprint density at radius 1 is 1.32 bits per heavy atom. The number of nitrogens with one attached hydrogen (secondary N) is 2. The van der Waals surface area contributed by atoms with Gasteiger partial charge in [-0.05, 0) is 44.0 Å². The van der Waals surface area contributed by atoms with Crippen LogP contribution in [0.4, 0.5) is 0 Å². The molecule has 1 aliphatic rings. The average molecular weight is 464 g/mol. The van der Waals surface area contributed by atoms with Gasteiger partial charge in [-0.2, -0.15) is 18.2 Å². The first kappa shape index (κ1) is 21.9. The van der Waals surface area contributed by atoms with Gasteiger partial charge in [0.15, 0.2) is 0 Å². The summed E-state index contributed by atoms with van der Waals surface area (Å²) in [6, 6.07) is 7.68. The van der Waals surface area contributed by atoms with Crippen LogP contribution in [0.1, 0.15) is 43.4 Å². The highest BCUT2D eigenvalue weighted by atomic mass is 35.5. The smallest absolute Gasteiger partial charge is 0.301 e. The minimum Gasteiger partial charge on any atom is -0.301 e. The van der Waals surface area contributed by atoms with E-state index in [9.17, 15) is 13.2 Å². The number of hydrogen-bond acceptors (Lipinski definition) is 4. The van der Waals surface area contributed by atoms with Crippen LogP contribution >= 0.6 is 11.6 Å². The Kier molecular flexibility index (Phi) is 5.85. The molecule has 31 heavy (non-hydrogen) atoms. The summed E-state index contributed by atoms with van der Waals surface area (Å²) >= 11 is 6.12. The number of carbonyl (C=O) groups is 1. The van der Waals surface area contributed by atoms with Gasteiger partial charge in [0.05, 0.1) is 11.2 Å². The van der Waals surface area contributed by atoms with Crippen molar-refractivity contribution in [1.82, 2.24) is 23.8 Å². The Bertz CT molecular complexity index is 1250. The monoisotopic (exact) mass is 463 g/mol. The van der Waals surface area contributed by atoms with Crippen molar-refractivity contribution in [2.75, 3.05) is 6.54 Å². The van der Waals surface area contributed by atoms with Gasteiger partial charge in [0, 0.05) is 47.6 Å². The van der Waals surface area contributed by atoms with Crippen molar-refractivity contribution in [2.24, 2.45) is 13.0 Å². The number of hydrogen-bond donors (Lipinski definition) is 2. The lowest BCUT2D eigenvalue weighted by atomic mass is 10.1. The fraction of sp³-hybridized carbons (Fsp3) is 0.429. The maximum Gasteiger partial charge on any atom is 0.301 e. The van der Waals surface area contributed by atoms with E-state index in [0.29, 0.717) is 18.0 Å². The topological polar surface area (TPSA) is 98.0 Å². The van der Waals surface area contributed by atoms with Crippen molar-refractivity contribution >= 4 is 38.6 Å². The van der Waals surface area contributed by atoms with E-state index >= 15 is 0 Å². The molecule has 0 bridgehead atoms. The lowest BCUT2D eigenvalue weighted by Crippen LogP contribution is -2.41. The average Bonchev–Trinajstić information content (AvgIpc) is 3.29. The van der Waals surface area contributed by atoms with Gasteiger partial charge in [-0.25, -0.2) is 4.72 Å². The maximum absolute atomic E-state index is 12.6. The summed E-state index contributed by atoms with van der Waals surface area (Å²) in [6.45, 7) is 4.19. The van der Waals surface area contributed by atoms with E-state index in [1.807, 2.05) is 55.9 Å². The molecule has 10 heteroatoms. The first-order valence-corrected chi connectivity index (χ1v) is 12.2. The molecular weight excluding hydrogens is 438 g/mol. The summed E-state index contributed by atoms with van der Waals surface area (Å²) in [5.41, 5.74) is 2.78. The molecule has 4 rings (SSSR count). The zero-order valence-electron chi connectivity index (χ0n) is 17.7. The summed E-state index contributed by atoms with van der Waals surface area (Å²) in [5.74, 6) is -0.0913. The quantitative estimate of drug-likeness (QED) is 0.501. The fourth-order valence-corrected chi connectivity index (χ4v) is 5.19. The third-order valence-corrected chi connectivity index (χ3v) is 6.96. The summed E-state index contributed by atoms with van der Waals surface area (Å²) in [5, 5.41) is 6.25. The van der Waals surface area contributed by atoms with Crippen LogP contribution in [0.25, 0.3) is 16.7 Å². The number of nitrogens with zero attached hydrogens (tertiary/aromatic N) is 3. The first-order valence-electron chi connectivity index (χ1n) is 10.3. The van der Waals surface area contributed by atoms with Crippen LogP contribution < -0.4 is 9.44 Å². The van der Waals surface area contributed by atoms with Gasteiger partial charge in [0.25, 0.3) is 0 Å². The van der Waals surface area contributed by atoms with Crippen molar-refractivity contribution in [3.05, 3.63) is 46.7 Å². The molecule has 166 valence electrons. The molecule has 2 N–H and O–H groups in total. The highest BCUT2D eigenvalue weighted by Gasteiger charge is 2.48. The van der Waals surface area contributed by atoms with Crippen LogP contribution in [-0.4, -0.2) is 35.2 Å². The molecule has 1 aliphatic carbocycles. The fourth-order valence-electron chi connectivity index (χ4n) is 4.11. The van der Waals surface area contributed by atoms with E-state index in [4.69, 9.17) is 11.6 Å². The first-order chi connectivity index (χ1) is 14.7. The predicted molar refractivity (Wildman–Crippen MR) is 121 cm³/mol. The zero-order chi connectivity index (χ0) is 22.3. The van der Waals surface area contributed by atoms with Crippen LogP contribution in [0.3, 0.4) is 0 Å². The summed E-state index contributed by atoms with van der Waals surface area (Å²) in [7, 11) is -1.97. The number of aryl methyl sites for hydroxylation is 2. The normalized spacial score (nSPS) is 18.5. The minimum absolute atomic E-state index is 0.0840. The molecule has 2 atom stereocenters. The van der Waals surface area contributed by atoms with E-state index < -0.39 is 22.0 Å². The second-order valence-electron chi connectivity index (χ2n) is 8.00. The van der Waals surface area contributed by atoms with Crippen LogP contribution in [0.15, 0.2) is 30.5 Å². The van der Waals surface area contributed by atoms with E-state index in [1.165, 1.54) is 0 Å². The Hall–Kier alpha value is -2.36. The Morgan fingerprint density at radius 2 is 2.10 bits per heavy atom. The Morgan fingerprint density at radius 3 is 2.84 bits per heavy atom. The molecule has 1 saturated carbocycles. The molecule has 2 aromatic heterocycles. The predicted octanol–water partition coefficient (Wildman–Crippen LogP) is 3.18. The second-order valence-corrected chi connectivity index (χ2v) is 9.94. The number of halogens is 1. The molecule has 0 radical (unpaired) electrons. The van der Waals surface area contributed by atoms with Crippen LogP contribution in [0.2, 0.25) is 5.02 Å². The molecule has 0 unspecified atom stereocenters. The summed E-state index contributed by atoms with van der Waals surface area (Å²) in [6.07, 6.45) is 4.13. The molecule has 8 nitrogen and oxygen atoms in total. The van der Waals surface area contributed by atoms with Gasteiger partial charge >= 0.3 is 10.2 Å². The SMILES string of the molecule is CCCCNS(=O)(=O)NC(=O)[C@@H]1C[C@H]1c1c(C)nn(C)c1-n1ccc2cc(Cl)ccc21. The standard InChI is InChI=1S/C21H26ClN5O3S/c1-4-5-9-23-31(29,30)25-20(28)17-12-16(17)19-13(2)24-26(3)21(19)27-10-8-14-11-15(22)6-7-18(14)27/h6-8,10-11,16-17,23H,4-5,9,12H2,1-3H3,(H,25,28)/t16-,17-/m1/s1. The summed E-state index contributed by atoms with van der Waals surface area (Å²) in [4.78, 5) is 12.6. The van der Waals surface area contributed by atoms with E-state index in [0.717, 1.165) is 40.8 Å². The van der Waals surface area contributed by atoms with Crippen molar-refractivity contribution in [1.29, 1.82) is 0 Å². The summed E-state index contributed by atoms with van der Waals surface area (Å²) < 4.78 is 32.6. The molecule has 1 amide bonds. The van der Waals surface area contributed by atoms with Crippen LogP contribution in [-0.2, 0) is 22.1 Å². The zero-order valence-corrected chi connectivity index (χ0v) is 19.3. The van der Waals surface area contributed by atoms with Crippen molar-refractivity contribution in [3.8, 4) is 5.82 Å². The Labute approximate surface area is 186 Å². The minimum atomic E-state index is -3.84. The third-order valence-electron chi connectivity index (χ3n) is 5.67. The molecule has 0 saturated heterocycles. The molecule has 1 fully saturated rings. The lowest BCUT2D eigenvalue weighted by molar-refractivity contribution is -0.120. The molecule has 1 aromatic carbocycles. The third kappa shape index (κ3) is 4.35. The van der Waals surface area contributed by atoms with Gasteiger partial charge in [0.1, 0.15) is 5.82 Å². The number of fused-ring (bicyclic) bond motifs is 1. The number of benzene rings is 1. The highest BCUT2D eigenvalue weighted by molar-refractivity contribution is 7.88. The van der Waals surface area contributed by atoms with Crippen molar-refractivity contribution in [3.63, 3.8) is 0 Å². The maximum atomic E-state index is 12.6. The van der Waals surface area contributed by atoms with Gasteiger partial charge in [-0.15, -0.1) is 0 Å². The largest absolute Gasteiger partial charge is 0.301 e. The van der Waals surface area contributed by atoms with E-state index in [2.05, 4.69) is 14.5 Å².